The SMILES string of the molecule is CCC(=O)NCc1coc2ccc(S(=O)(=O)N(CC(C)C)C[C@@H](O)CNC(=O)OC3CO[C@H]4OCC[C@@H]34)cc12. The van der Waals surface area contributed by atoms with Crippen molar-refractivity contribution in [2.24, 2.45) is 11.8 Å². The van der Waals surface area contributed by atoms with Gasteiger partial charge in [-0.05, 0) is 30.5 Å². The number of aliphatic hydroxyl groups excluding tert-OH is 1. The molecule has 3 N–H and O–H groups in total. The van der Waals surface area contributed by atoms with Gasteiger partial charge >= 0.3 is 6.09 Å². The Labute approximate surface area is 228 Å². The number of amides is 2. The lowest BCUT2D eigenvalue weighted by Gasteiger charge is -2.26. The normalized spacial score (nSPS) is 21.8. The Kier molecular flexibility index (Phi) is 9.49. The fourth-order valence-corrected chi connectivity index (χ4v) is 6.40. The number of sulfonamides is 1. The van der Waals surface area contributed by atoms with Gasteiger partial charge in [-0.1, -0.05) is 20.8 Å². The topological polar surface area (TPSA) is 157 Å². The van der Waals surface area contributed by atoms with Crippen molar-refractivity contribution in [3.05, 3.63) is 30.0 Å². The van der Waals surface area contributed by atoms with Gasteiger partial charge in [-0.15, -0.1) is 0 Å². The van der Waals surface area contributed by atoms with Crippen LogP contribution >= 0.6 is 0 Å². The first kappa shape index (κ1) is 29.3. The maximum Gasteiger partial charge on any atom is 0.407 e. The largest absolute Gasteiger partial charge is 0.464 e. The standard InChI is InChI=1S/C26H37N3O9S/c1-4-24(31)27-10-17-14-36-22-6-5-19(9-21(17)22)39(33,34)29(12-16(2)3)13-18(30)11-28-26(32)38-23-15-37-25-20(23)7-8-35-25/h5-6,9,14,16,18,20,23,25,30H,4,7-8,10-13,15H2,1-3H3,(H,27,31)(H,28,32)/t18-,20-,23?,25+/m0/s1. The van der Waals surface area contributed by atoms with Crippen LogP contribution in [0.4, 0.5) is 4.79 Å². The van der Waals surface area contributed by atoms with Crippen molar-refractivity contribution in [1.29, 1.82) is 0 Å². The molecule has 1 aromatic carbocycles. The first-order valence-corrected chi connectivity index (χ1v) is 14.6. The van der Waals surface area contributed by atoms with Crippen molar-refractivity contribution in [2.45, 2.75) is 63.6 Å². The zero-order valence-electron chi connectivity index (χ0n) is 22.4. The van der Waals surface area contributed by atoms with Gasteiger partial charge in [0, 0.05) is 43.5 Å². The highest BCUT2D eigenvalue weighted by molar-refractivity contribution is 7.89. The van der Waals surface area contributed by atoms with Crippen LogP contribution in [0.3, 0.4) is 0 Å². The third kappa shape index (κ3) is 7.09. The summed E-state index contributed by atoms with van der Waals surface area (Å²) in [7, 11) is -4.01. The zero-order chi connectivity index (χ0) is 28.2. The molecule has 1 aromatic heterocycles. The Morgan fingerprint density at radius 2 is 2.00 bits per heavy atom. The Morgan fingerprint density at radius 1 is 1.21 bits per heavy atom. The molecule has 12 nitrogen and oxygen atoms in total. The second kappa shape index (κ2) is 12.6. The van der Waals surface area contributed by atoms with E-state index in [-0.39, 0.29) is 61.7 Å². The predicted octanol–water partition coefficient (Wildman–Crippen LogP) is 1.95. The lowest BCUT2D eigenvalue weighted by atomic mass is 10.0. The fourth-order valence-electron chi connectivity index (χ4n) is 4.73. The van der Waals surface area contributed by atoms with Crippen LogP contribution in [0, 0.1) is 11.8 Å². The molecule has 39 heavy (non-hydrogen) atoms. The fraction of sp³-hybridized carbons (Fsp3) is 0.615. The van der Waals surface area contributed by atoms with E-state index in [2.05, 4.69) is 10.6 Å². The number of alkyl carbamates (subject to hydrolysis) is 1. The second-order valence-electron chi connectivity index (χ2n) is 10.3. The Balaban J connectivity index is 1.40. The molecule has 2 aliphatic rings. The number of ether oxygens (including phenoxy) is 3. The van der Waals surface area contributed by atoms with Crippen LogP contribution in [-0.4, -0.2) is 81.2 Å². The maximum absolute atomic E-state index is 13.6. The van der Waals surface area contributed by atoms with Crippen LogP contribution in [0.1, 0.15) is 39.2 Å². The summed E-state index contributed by atoms with van der Waals surface area (Å²) >= 11 is 0. The molecule has 0 radical (unpaired) electrons. The van der Waals surface area contributed by atoms with E-state index in [4.69, 9.17) is 18.6 Å². The van der Waals surface area contributed by atoms with Crippen LogP contribution in [0.2, 0.25) is 0 Å². The van der Waals surface area contributed by atoms with Crippen molar-refractivity contribution in [1.82, 2.24) is 14.9 Å². The van der Waals surface area contributed by atoms with E-state index in [0.717, 1.165) is 6.42 Å². The van der Waals surface area contributed by atoms with Crippen molar-refractivity contribution < 1.29 is 41.7 Å². The van der Waals surface area contributed by atoms with Crippen molar-refractivity contribution in [2.75, 3.05) is 32.8 Å². The smallest absolute Gasteiger partial charge is 0.407 e. The molecule has 4 rings (SSSR count). The number of aliphatic hydroxyl groups is 1. The molecule has 2 amide bonds. The number of hydrogen-bond donors (Lipinski definition) is 3. The lowest BCUT2D eigenvalue weighted by molar-refractivity contribution is -0.120. The van der Waals surface area contributed by atoms with E-state index in [0.29, 0.717) is 29.6 Å². The molecule has 0 aliphatic carbocycles. The number of nitrogens with one attached hydrogen (secondary N) is 2. The van der Waals surface area contributed by atoms with Gasteiger partial charge in [-0.25, -0.2) is 13.2 Å². The van der Waals surface area contributed by atoms with E-state index in [1.807, 2.05) is 13.8 Å². The summed E-state index contributed by atoms with van der Waals surface area (Å²) in [5.74, 6) is -0.161. The summed E-state index contributed by atoms with van der Waals surface area (Å²) < 4.78 is 50.4. The molecule has 0 bridgehead atoms. The summed E-state index contributed by atoms with van der Waals surface area (Å²) in [5, 5.41) is 16.5. The Hall–Kier alpha value is -2.71. The molecule has 2 fully saturated rings. The van der Waals surface area contributed by atoms with Gasteiger partial charge in [0.1, 0.15) is 11.7 Å². The Bertz CT molecular complexity index is 1260. The predicted molar refractivity (Wildman–Crippen MR) is 140 cm³/mol. The molecule has 2 saturated heterocycles. The van der Waals surface area contributed by atoms with Gasteiger partial charge < -0.3 is 34.4 Å². The van der Waals surface area contributed by atoms with Crippen LogP contribution in [0.25, 0.3) is 11.0 Å². The molecule has 2 aromatic rings. The van der Waals surface area contributed by atoms with Crippen LogP contribution in [-0.2, 0) is 35.6 Å². The number of nitrogens with zero attached hydrogens (tertiary/aromatic N) is 1. The van der Waals surface area contributed by atoms with E-state index < -0.39 is 28.3 Å². The van der Waals surface area contributed by atoms with Gasteiger partial charge in [0.05, 0.1) is 36.4 Å². The number of benzene rings is 1. The van der Waals surface area contributed by atoms with E-state index in [1.54, 1.807) is 13.0 Å². The molecule has 0 spiro atoms. The minimum atomic E-state index is -4.01. The Morgan fingerprint density at radius 3 is 2.74 bits per heavy atom. The molecule has 13 heteroatoms. The maximum atomic E-state index is 13.6. The third-order valence-electron chi connectivity index (χ3n) is 6.77. The zero-order valence-corrected chi connectivity index (χ0v) is 23.2. The highest BCUT2D eigenvalue weighted by Gasteiger charge is 2.43. The number of carbonyl (C=O) groups excluding carboxylic acids is 2. The highest BCUT2D eigenvalue weighted by Crippen LogP contribution is 2.33. The summed E-state index contributed by atoms with van der Waals surface area (Å²) in [4.78, 5) is 24.0. The summed E-state index contributed by atoms with van der Waals surface area (Å²) in [6.45, 7) is 6.26. The van der Waals surface area contributed by atoms with Crippen molar-refractivity contribution in [3.63, 3.8) is 0 Å². The van der Waals surface area contributed by atoms with Crippen molar-refractivity contribution in [3.8, 4) is 0 Å². The van der Waals surface area contributed by atoms with E-state index in [1.165, 1.54) is 22.7 Å². The summed E-state index contributed by atoms with van der Waals surface area (Å²) in [6.07, 6.45) is -0.0881. The molecule has 3 heterocycles. The average Bonchev–Trinajstić information content (AvgIpc) is 3.62. The molecule has 4 atom stereocenters. The van der Waals surface area contributed by atoms with Crippen molar-refractivity contribution >= 4 is 33.0 Å². The molecular weight excluding hydrogens is 530 g/mol. The minimum Gasteiger partial charge on any atom is -0.464 e. The highest BCUT2D eigenvalue weighted by atomic mass is 32.2. The number of furan rings is 1. The second-order valence-corrected chi connectivity index (χ2v) is 12.2. The van der Waals surface area contributed by atoms with Gasteiger partial charge in [-0.3, -0.25) is 4.79 Å². The average molecular weight is 568 g/mol. The molecule has 0 saturated carbocycles. The van der Waals surface area contributed by atoms with Crippen LogP contribution in [0.5, 0.6) is 0 Å². The summed E-state index contributed by atoms with van der Waals surface area (Å²) in [6, 6.07) is 4.54. The molecule has 1 unspecified atom stereocenters. The van der Waals surface area contributed by atoms with E-state index in [9.17, 15) is 23.1 Å². The number of carbonyl (C=O) groups is 2. The van der Waals surface area contributed by atoms with Crippen LogP contribution < -0.4 is 10.6 Å². The van der Waals surface area contributed by atoms with Gasteiger partial charge in [-0.2, -0.15) is 4.31 Å². The lowest BCUT2D eigenvalue weighted by Crippen LogP contribution is -2.44. The number of rotatable bonds is 12. The van der Waals surface area contributed by atoms with Crippen LogP contribution in [0.15, 0.2) is 33.8 Å². The minimum absolute atomic E-state index is 0.0108. The first-order valence-electron chi connectivity index (χ1n) is 13.2. The monoisotopic (exact) mass is 567 g/mol. The molecule has 2 aliphatic heterocycles. The third-order valence-corrected chi connectivity index (χ3v) is 8.60. The molecule has 216 valence electrons. The summed E-state index contributed by atoms with van der Waals surface area (Å²) in [5.41, 5.74) is 1.15. The molecular formula is C26H37N3O9S. The van der Waals surface area contributed by atoms with Gasteiger partial charge in [0.15, 0.2) is 6.29 Å². The first-order chi connectivity index (χ1) is 18.6. The van der Waals surface area contributed by atoms with Gasteiger partial charge in [0.2, 0.25) is 15.9 Å². The van der Waals surface area contributed by atoms with Gasteiger partial charge in [0.25, 0.3) is 0 Å². The number of fused-ring (bicyclic) bond motifs is 2. The number of hydrogen-bond acceptors (Lipinski definition) is 9. The quantitative estimate of drug-likeness (QED) is 0.349. The van der Waals surface area contributed by atoms with E-state index >= 15 is 0 Å².